The van der Waals surface area contributed by atoms with Crippen LogP contribution in [0.3, 0.4) is 0 Å². The quantitative estimate of drug-likeness (QED) is 0.404. The molecule has 2 aromatic rings. The van der Waals surface area contributed by atoms with Gasteiger partial charge in [0.2, 0.25) is 5.91 Å². The zero-order chi connectivity index (χ0) is 26.0. The van der Waals surface area contributed by atoms with Gasteiger partial charge in [0.25, 0.3) is 5.91 Å². The van der Waals surface area contributed by atoms with E-state index >= 15 is 0 Å². The fraction of sp³-hybridized carbons (Fsp3) is 0.429. The molecule has 1 saturated heterocycles. The van der Waals surface area contributed by atoms with E-state index < -0.39 is 17.9 Å². The molecule has 1 unspecified atom stereocenters. The van der Waals surface area contributed by atoms with E-state index in [9.17, 15) is 14.4 Å². The lowest BCUT2D eigenvalue weighted by molar-refractivity contribution is -0.153. The second-order valence-electron chi connectivity index (χ2n) is 9.32. The Kier molecular flexibility index (Phi) is 9.48. The van der Waals surface area contributed by atoms with E-state index in [1.165, 1.54) is 5.56 Å². The van der Waals surface area contributed by atoms with Crippen molar-refractivity contribution in [1.82, 2.24) is 15.5 Å². The number of rotatable bonds is 8. The highest BCUT2D eigenvalue weighted by Crippen LogP contribution is 2.21. The maximum absolute atomic E-state index is 12.8. The zero-order valence-electron chi connectivity index (χ0n) is 20.8. The molecule has 1 atom stereocenters. The molecule has 1 aliphatic carbocycles. The number of hydrogen-bond acceptors (Lipinski definition) is 6. The summed E-state index contributed by atoms with van der Waals surface area (Å²) < 4.78 is 11.4. The molecule has 0 bridgehead atoms. The van der Waals surface area contributed by atoms with Crippen molar-refractivity contribution in [3.63, 3.8) is 0 Å². The third-order valence-corrected chi connectivity index (χ3v) is 6.98. The molecule has 2 fully saturated rings. The molecule has 2 aliphatic rings. The molecule has 196 valence electrons. The van der Waals surface area contributed by atoms with Gasteiger partial charge in [0.05, 0.1) is 13.0 Å². The van der Waals surface area contributed by atoms with Crippen LogP contribution in [0.1, 0.15) is 54.4 Å². The number of piperazine rings is 1. The van der Waals surface area contributed by atoms with E-state index in [-0.39, 0.29) is 23.5 Å². The summed E-state index contributed by atoms with van der Waals surface area (Å²) in [6.45, 7) is 1.29. The van der Waals surface area contributed by atoms with E-state index in [1.54, 1.807) is 29.2 Å². The molecule has 2 amide bonds. The summed E-state index contributed by atoms with van der Waals surface area (Å²) in [6.07, 6.45) is 5.55. The van der Waals surface area contributed by atoms with Crippen molar-refractivity contribution in [3.05, 3.63) is 65.7 Å². The van der Waals surface area contributed by atoms with Crippen LogP contribution >= 0.6 is 12.2 Å². The third-order valence-electron chi connectivity index (χ3n) is 6.64. The minimum Gasteiger partial charge on any atom is -0.493 e. The van der Waals surface area contributed by atoms with E-state index in [1.807, 2.05) is 18.2 Å². The summed E-state index contributed by atoms with van der Waals surface area (Å²) in [5.41, 5.74) is 1.60. The lowest BCUT2D eigenvalue weighted by atomic mass is 9.98. The average molecular weight is 524 g/mol. The molecule has 8 nitrogen and oxygen atoms in total. The normalized spacial score (nSPS) is 18.0. The zero-order valence-corrected chi connectivity index (χ0v) is 21.6. The number of thiocarbonyl (C=S) groups is 1. The maximum Gasteiger partial charge on any atom is 0.308 e. The number of carbonyl (C=O) groups is 3. The Balaban J connectivity index is 1.28. The molecule has 2 aromatic carbocycles. The molecule has 1 saturated carbocycles. The Labute approximate surface area is 222 Å². The van der Waals surface area contributed by atoms with Gasteiger partial charge in [-0.25, -0.2) is 0 Å². The van der Waals surface area contributed by atoms with Crippen molar-refractivity contribution >= 4 is 35.1 Å². The van der Waals surface area contributed by atoms with Crippen LogP contribution in [0.15, 0.2) is 54.6 Å². The van der Waals surface area contributed by atoms with Crippen LogP contribution in [-0.2, 0) is 20.7 Å². The molecule has 0 radical (unpaired) electrons. The number of amides is 2. The first kappa shape index (κ1) is 26.6. The van der Waals surface area contributed by atoms with Crippen LogP contribution in [0.2, 0.25) is 0 Å². The monoisotopic (exact) mass is 523 g/mol. The van der Waals surface area contributed by atoms with E-state index in [2.05, 4.69) is 22.8 Å². The van der Waals surface area contributed by atoms with Crippen LogP contribution in [0.4, 0.5) is 0 Å². The van der Waals surface area contributed by atoms with Gasteiger partial charge < -0.3 is 19.7 Å². The Morgan fingerprint density at radius 3 is 2.49 bits per heavy atom. The van der Waals surface area contributed by atoms with Gasteiger partial charge in [0.15, 0.2) is 5.11 Å². The van der Waals surface area contributed by atoms with E-state index in [4.69, 9.17) is 21.7 Å². The van der Waals surface area contributed by atoms with Crippen molar-refractivity contribution in [2.24, 2.45) is 0 Å². The molecular formula is C28H33N3O5S. The molecule has 2 N–H and O–H groups in total. The van der Waals surface area contributed by atoms with Crippen molar-refractivity contribution in [3.8, 4) is 5.75 Å². The number of ether oxygens (including phenoxy) is 2. The molecule has 37 heavy (non-hydrogen) atoms. The lowest BCUT2D eigenvalue weighted by Gasteiger charge is -2.36. The minimum absolute atomic E-state index is 0.0849. The molecule has 4 rings (SSSR count). The molecule has 9 heteroatoms. The third kappa shape index (κ3) is 7.76. The predicted molar refractivity (Wildman–Crippen MR) is 143 cm³/mol. The molecule has 1 heterocycles. The first-order valence-corrected chi connectivity index (χ1v) is 13.3. The van der Waals surface area contributed by atoms with E-state index in [0.29, 0.717) is 31.0 Å². The van der Waals surface area contributed by atoms with Gasteiger partial charge in [-0.15, -0.1) is 0 Å². The van der Waals surface area contributed by atoms with Gasteiger partial charge in [-0.05, 0) is 67.7 Å². The van der Waals surface area contributed by atoms with Gasteiger partial charge in [0.1, 0.15) is 17.9 Å². The number of benzene rings is 2. The predicted octanol–water partition coefficient (Wildman–Crippen LogP) is 3.39. The van der Waals surface area contributed by atoms with Gasteiger partial charge in [-0.1, -0.05) is 36.8 Å². The van der Waals surface area contributed by atoms with Crippen molar-refractivity contribution < 1.29 is 23.9 Å². The lowest BCUT2D eigenvalue weighted by Crippen LogP contribution is -2.60. The Bertz CT molecular complexity index is 1090. The van der Waals surface area contributed by atoms with Crippen LogP contribution in [0.5, 0.6) is 5.75 Å². The number of carbonyl (C=O) groups excluding carboxylic acids is 3. The first-order valence-electron chi connectivity index (χ1n) is 12.9. The summed E-state index contributed by atoms with van der Waals surface area (Å²) in [4.78, 5) is 39.5. The van der Waals surface area contributed by atoms with Gasteiger partial charge >= 0.3 is 5.97 Å². The summed E-state index contributed by atoms with van der Waals surface area (Å²) in [7, 11) is 0. The van der Waals surface area contributed by atoms with Gasteiger partial charge in [-0.3, -0.25) is 19.7 Å². The molecule has 0 spiro atoms. The Hall–Kier alpha value is -3.46. The average Bonchev–Trinajstić information content (AvgIpc) is 2.91. The van der Waals surface area contributed by atoms with Gasteiger partial charge in [0, 0.05) is 25.1 Å². The highest BCUT2D eigenvalue weighted by atomic mass is 32.1. The largest absolute Gasteiger partial charge is 0.493 e. The van der Waals surface area contributed by atoms with Crippen LogP contribution in [0, 0.1) is 0 Å². The smallest absolute Gasteiger partial charge is 0.308 e. The summed E-state index contributed by atoms with van der Waals surface area (Å²) in [5, 5.41) is 5.58. The van der Waals surface area contributed by atoms with Crippen molar-refractivity contribution in [2.75, 3.05) is 19.7 Å². The molecule has 1 aliphatic heterocycles. The topological polar surface area (TPSA) is 97.0 Å². The Morgan fingerprint density at radius 1 is 1.03 bits per heavy atom. The fourth-order valence-electron chi connectivity index (χ4n) is 4.61. The Morgan fingerprint density at radius 2 is 1.76 bits per heavy atom. The summed E-state index contributed by atoms with van der Waals surface area (Å²) >= 11 is 5.46. The summed E-state index contributed by atoms with van der Waals surface area (Å²) in [6, 6.07) is 16.1. The highest BCUT2D eigenvalue weighted by Gasteiger charge is 2.35. The second kappa shape index (κ2) is 13.2. The molecule has 0 aromatic heterocycles. The van der Waals surface area contributed by atoms with Crippen LogP contribution in [0.25, 0.3) is 0 Å². The minimum atomic E-state index is -0.821. The maximum atomic E-state index is 12.8. The van der Waals surface area contributed by atoms with Crippen molar-refractivity contribution in [1.29, 1.82) is 0 Å². The summed E-state index contributed by atoms with van der Waals surface area (Å²) in [5.74, 6) is -0.453. The molecular weight excluding hydrogens is 490 g/mol. The number of hydrogen-bond donors (Lipinski definition) is 2. The van der Waals surface area contributed by atoms with E-state index in [0.717, 1.165) is 38.5 Å². The number of esters is 1. The van der Waals surface area contributed by atoms with Gasteiger partial charge in [-0.2, -0.15) is 0 Å². The van der Waals surface area contributed by atoms with Crippen molar-refractivity contribution in [2.45, 2.75) is 57.1 Å². The SMILES string of the molecule is O=C(CC1C(=O)NCCN1C(=S)NC(=O)c1ccc(OCCc2ccccc2)cc1)OC1CCCCC1. The highest BCUT2D eigenvalue weighted by molar-refractivity contribution is 7.80. The number of nitrogens with one attached hydrogen (secondary N) is 2. The standard InChI is InChI=1S/C28H33N3O5S/c32-25(36-23-9-5-2-6-10-23)19-24-27(34)29-16-17-31(24)28(37)30-26(33)21-11-13-22(14-12-21)35-18-15-20-7-3-1-4-8-20/h1,3-4,7-8,11-14,23-24H,2,5-6,9-10,15-19H2,(H,29,34)(H,30,33,37). The number of nitrogens with zero attached hydrogens (tertiary/aromatic N) is 1. The first-order chi connectivity index (χ1) is 18.0. The second-order valence-corrected chi connectivity index (χ2v) is 9.71. The van der Waals surface area contributed by atoms with Crippen LogP contribution < -0.4 is 15.4 Å². The van der Waals surface area contributed by atoms with Crippen LogP contribution in [-0.4, -0.2) is 59.6 Å². The fourth-order valence-corrected chi connectivity index (χ4v) is 4.92.